The Morgan fingerprint density at radius 2 is 1.74 bits per heavy atom. The fraction of sp³-hybridized carbons (Fsp3) is 0.800. The van der Waals surface area contributed by atoms with Gasteiger partial charge in [0.15, 0.2) is 5.84 Å². The summed E-state index contributed by atoms with van der Waals surface area (Å²) in [6.07, 6.45) is 1.14. The summed E-state index contributed by atoms with van der Waals surface area (Å²) in [4.78, 5) is 13.8. The molecule has 0 bridgehead atoms. The highest BCUT2D eigenvalue weighted by molar-refractivity contribution is 7.88. The lowest BCUT2D eigenvalue weighted by atomic mass is 9.90. The highest BCUT2D eigenvalue weighted by atomic mass is 32.2. The maximum Gasteiger partial charge on any atom is 0.236 e. The van der Waals surface area contributed by atoms with Gasteiger partial charge in [0, 0.05) is 26.2 Å². The molecule has 9 heteroatoms. The lowest BCUT2D eigenvalue weighted by molar-refractivity contribution is -0.138. The number of piperazine rings is 1. The van der Waals surface area contributed by atoms with Crippen LogP contribution in [0, 0.1) is 5.41 Å². The summed E-state index contributed by atoms with van der Waals surface area (Å²) in [7, 11) is -3.22. The second-order valence-electron chi connectivity index (χ2n) is 5.06. The monoisotopic (exact) mass is 292 g/mol. The van der Waals surface area contributed by atoms with E-state index in [2.05, 4.69) is 5.16 Å². The van der Waals surface area contributed by atoms with Crippen LogP contribution in [0.4, 0.5) is 0 Å². The second kappa shape index (κ2) is 5.33. The van der Waals surface area contributed by atoms with Gasteiger partial charge in [-0.2, -0.15) is 4.31 Å². The van der Waals surface area contributed by atoms with Crippen molar-refractivity contribution in [2.45, 2.75) is 13.8 Å². The van der Waals surface area contributed by atoms with E-state index in [1.807, 2.05) is 0 Å². The van der Waals surface area contributed by atoms with Gasteiger partial charge >= 0.3 is 0 Å². The third-order valence-corrected chi connectivity index (χ3v) is 4.58. The summed E-state index contributed by atoms with van der Waals surface area (Å²) in [5.74, 6) is -0.445. The van der Waals surface area contributed by atoms with E-state index >= 15 is 0 Å². The Labute approximate surface area is 112 Å². The van der Waals surface area contributed by atoms with Crippen LogP contribution in [0.1, 0.15) is 13.8 Å². The first kappa shape index (κ1) is 15.7. The Kier molecular flexibility index (Phi) is 4.41. The smallest absolute Gasteiger partial charge is 0.236 e. The van der Waals surface area contributed by atoms with Crippen LogP contribution < -0.4 is 5.73 Å². The SMILES string of the molecule is CC(C)(C(=O)N1CCN(S(C)(=O)=O)CC1)C(N)=NO. The molecule has 0 saturated carbocycles. The average Bonchev–Trinajstić information content (AvgIpc) is 2.35. The topological polar surface area (TPSA) is 116 Å². The van der Waals surface area contributed by atoms with E-state index in [-0.39, 0.29) is 24.8 Å². The molecule has 1 aliphatic heterocycles. The Bertz CT molecular complexity index is 478. The first-order valence-electron chi connectivity index (χ1n) is 5.83. The van der Waals surface area contributed by atoms with Crippen molar-refractivity contribution in [3.63, 3.8) is 0 Å². The molecular formula is C10H20N4O4S. The molecule has 0 aromatic carbocycles. The molecule has 1 rings (SSSR count). The minimum absolute atomic E-state index is 0.164. The number of oxime groups is 1. The molecule has 1 aliphatic rings. The average molecular weight is 292 g/mol. The number of nitrogens with two attached hydrogens (primary N) is 1. The van der Waals surface area contributed by atoms with E-state index in [9.17, 15) is 13.2 Å². The molecular weight excluding hydrogens is 272 g/mol. The molecule has 0 spiro atoms. The lowest BCUT2D eigenvalue weighted by Crippen LogP contribution is -2.55. The van der Waals surface area contributed by atoms with E-state index in [4.69, 9.17) is 10.9 Å². The molecule has 0 unspecified atom stereocenters. The molecule has 8 nitrogen and oxygen atoms in total. The number of hydrogen-bond acceptors (Lipinski definition) is 5. The third-order valence-electron chi connectivity index (χ3n) is 3.28. The fourth-order valence-electron chi connectivity index (χ4n) is 1.85. The van der Waals surface area contributed by atoms with Crippen molar-refractivity contribution >= 4 is 21.8 Å². The zero-order valence-corrected chi connectivity index (χ0v) is 12.1. The standard InChI is InChI=1S/C10H20N4O4S/c1-10(2,8(11)12-16)9(15)13-4-6-14(7-5-13)19(3,17)18/h16H,4-7H2,1-3H3,(H2,11,12). The summed E-state index contributed by atoms with van der Waals surface area (Å²) in [5.41, 5.74) is 4.39. The minimum Gasteiger partial charge on any atom is -0.409 e. The van der Waals surface area contributed by atoms with Gasteiger partial charge in [-0.1, -0.05) is 5.16 Å². The van der Waals surface area contributed by atoms with Crippen LogP contribution in [0.3, 0.4) is 0 Å². The van der Waals surface area contributed by atoms with E-state index in [0.29, 0.717) is 13.1 Å². The number of sulfonamides is 1. The van der Waals surface area contributed by atoms with E-state index in [0.717, 1.165) is 6.26 Å². The highest BCUT2D eigenvalue weighted by Gasteiger charge is 2.38. The summed E-state index contributed by atoms with van der Waals surface area (Å²) in [6, 6.07) is 0. The van der Waals surface area contributed by atoms with Gasteiger partial charge in [-0.25, -0.2) is 8.42 Å². The van der Waals surface area contributed by atoms with Crippen molar-refractivity contribution in [1.82, 2.24) is 9.21 Å². The molecule has 1 saturated heterocycles. The summed E-state index contributed by atoms with van der Waals surface area (Å²) in [6.45, 7) is 4.25. The van der Waals surface area contributed by atoms with Crippen LogP contribution >= 0.6 is 0 Å². The van der Waals surface area contributed by atoms with Crippen LogP contribution in [0.2, 0.25) is 0 Å². The Hall–Kier alpha value is -1.35. The largest absolute Gasteiger partial charge is 0.409 e. The van der Waals surface area contributed by atoms with Crippen molar-refractivity contribution in [1.29, 1.82) is 0 Å². The van der Waals surface area contributed by atoms with Gasteiger partial charge in [0.25, 0.3) is 0 Å². The van der Waals surface area contributed by atoms with Gasteiger partial charge in [0.2, 0.25) is 15.9 Å². The maximum atomic E-state index is 12.3. The molecule has 0 atom stereocenters. The highest BCUT2D eigenvalue weighted by Crippen LogP contribution is 2.20. The Balaban J connectivity index is 2.74. The number of nitrogens with zero attached hydrogens (tertiary/aromatic N) is 3. The number of amides is 1. The van der Waals surface area contributed by atoms with Gasteiger partial charge in [-0.3, -0.25) is 4.79 Å². The van der Waals surface area contributed by atoms with Crippen molar-refractivity contribution in [2.75, 3.05) is 32.4 Å². The Morgan fingerprint density at radius 1 is 1.26 bits per heavy atom. The van der Waals surface area contributed by atoms with Gasteiger partial charge < -0.3 is 15.8 Å². The second-order valence-corrected chi connectivity index (χ2v) is 7.05. The normalized spacial score (nSPS) is 19.5. The molecule has 1 amide bonds. The van der Waals surface area contributed by atoms with E-state index in [1.54, 1.807) is 13.8 Å². The summed E-state index contributed by atoms with van der Waals surface area (Å²) < 4.78 is 24.1. The molecule has 3 N–H and O–H groups in total. The quantitative estimate of drug-likeness (QED) is 0.295. The molecule has 0 radical (unpaired) electrons. The molecule has 19 heavy (non-hydrogen) atoms. The number of hydrogen-bond donors (Lipinski definition) is 2. The first-order chi connectivity index (χ1) is 8.60. The molecule has 0 aromatic heterocycles. The molecule has 0 aliphatic carbocycles. The molecule has 1 heterocycles. The van der Waals surface area contributed by atoms with Gasteiger partial charge in [0.05, 0.1) is 6.26 Å². The van der Waals surface area contributed by atoms with Crippen LogP contribution in [0.15, 0.2) is 5.16 Å². The maximum absolute atomic E-state index is 12.3. The van der Waals surface area contributed by atoms with Crippen LogP contribution in [0.5, 0.6) is 0 Å². The van der Waals surface area contributed by atoms with Crippen LogP contribution in [0.25, 0.3) is 0 Å². The zero-order valence-electron chi connectivity index (χ0n) is 11.3. The predicted octanol–water partition coefficient (Wildman–Crippen LogP) is -1.14. The summed E-state index contributed by atoms with van der Waals surface area (Å²) in [5, 5.41) is 11.5. The zero-order chi connectivity index (χ0) is 14.8. The third kappa shape index (κ3) is 3.35. The van der Waals surface area contributed by atoms with E-state index in [1.165, 1.54) is 9.21 Å². The van der Waals surface area contributed by atoms with E-state index < -0.39 is 15.4 Å². The van der Waals surface area contributed by atoms with Crippen LogP contribution in [-0.2, 0) is 14.8 Å². The van der Waals surface area contributed by atoms with Crippen molar-refractivity contribution in [2.24, 2.45) is 16.3 Å². The number of amidine groups is 1. The number of carbonyl (C=O) groups excluding carboxylic acids is 1. The van der Waals surface area contributed by atoms with Crippen molar-refractivity contribution in [3.8, 4) is 0 Å². The van der Waals surface area contributed by atoms with Crippen LogP contribution in [-0.4, -0.2) is 67.0 Å². The molecule has 0 aromatic rings. The fourth-order valence-corrected chi connectivity index (χ4v) is 2.68. The predicted molar refractivity (Wildman–Crippen MR) is 70.2 cm³/mol. The van der Waals surface area contributed by atoms with Gasteiger partial charge in [-0.15, -0.1) is 0 Å². The summed E-state index contributed by atoms with van der Waals surface area (Å²) >= 11 is 0. The lowest BCUT2D eigenvalue weighted by Gasteiger charge is -2.37. The Morgan fingerprint density at radius 3 is 2.11 bits per heavy atom. The van der Waals surface area contributed by atoms with Gasteiger partial charge in [-0.05, 0) is 13.8 Å². The number of rotatable bonds is 3. The first-order valence-corrected chi connectivity index (χ1v) is 7.68. The minimum atomic E-state index is -3.22. The van der Waals surface area contributed by atoms with Crippen molar-refractivity contribution in [3.05, 3.63) is 0 Å². The van der Waals surface area contributed by atoms with Crippen molar-refractivity contribution < 1.29 is 18.4 Å². The number of carbonyl (C=O) groups is 1. The molecule has 1 fully saturated rings. The van der Waals surface area contributed by atoms with Gasteiger partial charge in [0.1, 0.15) is 5.41 Å². The molecule has 110 valence electrons.